The van der Waals surface area contributed by atoms with Crippen molar-refractivity contribution in [2.75, 3.05) is 18.4 Å². The van der Waals surface area contributed by atoms with Gasteiger partial charge in [-0.2, -0.15) is 4.31 Å². The number of nitrogens with one attached hydrogen (secondary N) is 1. The Morgan fingerprint density at radius 3 is 2.60 bits per heavy atom. The van der Waals surface area contributed by atoms with Gasteiger partial charge in [0, 0.05) is 35.3 Å². The molecule has 1 aliphatic carbocycles. The third-order valence-electron chi connectivity index (χ3n) is 6.43. The van der Waals surface area contributed by atoms with E-state index in [-0.39, 0.29) is 28.6 Å². The fourth-order valence-corrected chi connectivity index (χ4v) is 7.00. The van der Waals surface area contributed by atoms with E-state index in [1.54, 1.807) is 16.4 Å². The Morgan fingerprint density at radius 2 is 1.83 bits per heavy atom. The second-order valence-corrected chi connectivity index (χ2v) is 10.9. The van der Waals surface area contributed by atoms with E-state index in [9.17, 15) is 13.5 Å². The van der Waals surface area contributed by atoms with Crippen molar-refractivity contribution >= 4 is 38.9 Å². The van der Waals surface area contributed by atoms with Crippen molar-refractivity contribution in [1.82, 2.24) is 4.31 Å². The summed E-state index contributed by atoms with van der Waals surface area (Å²) in [5, 5.41) is 14.8. The summed E-state index contributed by atoms with van der Waals surface area (Å²) in [6.45, 7) is 1.17. The van der Waals surface area contributed by atoms with Crippen LogP contribution in [0.2, 0.25) is 10.0 Å². The molecule has 2 aromatic rings. The normalized spacial score (nSPS) is 25.7. The summed E-state index contributed by atoms with van der Waals surface area (Å²) in [6.07, 6.45) is 6.88. The third kappa shape index (κ3) is 3.21. The van der Waals surface area contributed by atoms with Crippen LogP contribution in [-0.2, 0) is 10.0 Å². The highest BCUT2D eigenvalue weighted by molar-refractivity contribution is 7.89. The van der Waals surface area contributed by atoms with Gasteiger partial charge in [-0.1, -0.05) is 35.4 Å². The quantitative estimate of drug-likeness (QED) is 0.603. The van der Waals surface area contributed by atoms with Crippen LogP contribution in [0.4, 0.5) is 5.69 Å². The Labute approximate surface area is 186 Å². The third-order valence-corrected chi connectivity index (χ3v) is 8.83. The number of phenols is 1. The highest BCUT2D eigenvalue weighted by Crippen LogP contribution is 2.52. The van der Waals surface area contributed by atoms with Crippen molar-refractivity contribution in [1.29, 1.82) is 0 Å². The van der Waals surface area contributed by atoms with Crippen LogP contribution >= 0.6 is 23.2 Å². The van der Waals surface area contributed by atoms with Gasteiger partial charge in [-0.3, -0.25) is 0 Å². The van der Waals surface area contributed by atoms with Gasteiger partial charge in [-0.15, -0.1) is 0 Å². The number of sulfonamides is 1. The molecule has 3 unspecified atom stereocenters. The molecule has 2 aliphatic heterocycles. The highest BCUT2D eigenvalue weighted by atomic mass is 35.5. The van der Waals surface area contributed by atoms with Crippen LogP contribution in [0.5, 0.6) is 5.75 Å². The Morgan fingerprint density at radius 1 is 1.07 bits per heavy atom. The molecular weight excluding hydrogens is 443 g/mol. The van der Waals surface area contributed by atoms with Crippen molar-refractivity contribution in [3.63, 3.8) is 0 Å². The molecule has 1 fully saturated rings. The maximum atomic E-state index is 13.0. The number of anilines is 1. The first-order valence-corrected chi connectivity index (χ1v) is 12.3. The number of hydrogen-bond acceptors (Lipinski definition) is 4. The molecule has 158 valence electrons. The topological polar surface area (TPSA) is 69.6 Å². The summed E-state index contributed by atoms with van der Waals surface area (Å²) in [5.74, 6) is 0.209. The molecule has 0 spiro atoms. The molecule has 0 saturated carbocycles. The van der Waals surface area contributed by atoms with Crippen LogP contribution in [0.15, 0.2) is 47.4 Å². The Balaban J connectivity index is 1.56. The van der Waals surface area contributed by atoms with Gasteiger partial charge in [0.2, 0.25) is 10.0 Å². The molecule has 2 N–H and O–H groups in total. The molecule has 3 aliphatic rings. The average molecular weight is 465 g/mol. The molecule has 0 bridgehead atoms. The van der Waals surface area contributed by atoms with Gasteiger partial charge >= 0.3 is 0 Å². The van der Waals surface area contributed by atoms with E-state index in [1.807, 2.05) is 12.1 Å². The number of allylic oxidation sites excluding steroid dienone is 2. The van der Waals surface area contributed by atoms with Crippen molar-refractivity contribution in [2.24, 2.45) is 5.92 Å². The lowest BCUT2D eigenvalue weighted by atomic mass is 9.77. The number of fused-ring (bicyclic) bond motifs is 3. The van der Waals surface area contributed by atoms with E-state index in [0.717, 1.165) is 30.5 Å². The monoisotopic (exact) mass is 464 g/mol. The molecular formula is C22H22Cl2N2O3S. The van der Waals surface area contributed by atoms with Gasteiger partial charge < -0.3 is 10.4 Å². The zero-order valence-corrected chi connectivity index (χ0v) is 18.5. The molecule has 8 heteroatoms. The van der Waals surface area contributed by atoms with E-state index in [2.05, 4.69) is 17.5 Å². The Kier molecular flexibility index (Phi) is 5.01. The van der Waals surface area contributed by atoms with Crippen molar-refractivity contribution in [3.05, 3.63) is 63.7 Å². The lowest BCUT2D eigenvalue weighted by molar-refractivity contribution is 0.402. The van der Waals surface area contributed by atoms with Crippen LogP contribution in [0.1, 0.15) is 42.3 Å². The first kappa shape index (κ1) is 20.2. The minimum Gasteiger partial charge on any atom is -0.506 e. The van der Waals surface area contributed by atoms with E-state index >= 15 is 0 Å². The van der Waals surface area contributed by atoms with Gasteiger partial charge in [0.25, 0.3) is 0 Å². The number of phenolic OH excluding ortho intramolecular Hbond substituents is 1. The fourth-order valence-electron chi connectivity index (χ4n) is 4.94. The van der Waals surface area contributed by atoms with E-state index in [1.165, 1.54) is 6.07 Å². The first-order chi connectivity index (χ1) is 14.4. The SMILES string of the molecule is O=S(=O)(c1ccc2c(c1)C1C=CCC1C(c1cc(Cl)cc(Cl)c1O)N2)N1CCCC1. The van der Waals surface area contributed by atoms with Gasteiger partial charge in [-0.05, 0) is 61.1 Å². The molecule has 1 saturated heterocycles. The predicted molar refractivity (Wildman–Crippen MR) is 119 cm³/mol. The summed E-state index contributed by atoms with van der Waals surface area (Å²) in [7, 11) is -3.48. The summed E-state index contributed by atoms with van der Waals surface area (Å²) in [4.78, 5) is 0.344. The fraction of sp³-hybridized carbons (Fsp3) is 0.364. The second kappa shape index (κ2) is 7.45. The molecule has 30 heavy (non-hydrogen) atoms. The largest absolute Gasteiger partial charge is 0.506 e. The van der Waals surface area contributed by atoms with Crippen molar-refractivity contribution in [3.8, 4) is 5.75 Å². The number of aromatic hydroxyl groups is 1. The maximum absolute atomic E-state index is 13.0. The van der Waals surface area contributed by atoms with E-state index in [0.29, 0.717) is 28.6 Å². The molecule has 3 atom stereocenters. The minimum absolute atomic E-state index is 0.0286. The molecule has 0 radical (unpaired) electrons. The second-order valence-electron chi connectivity index (χ2n) is 8.16. The Hall–Kier alpha value is -1.73. The van der Waals surface area contributed by atoms with Crippen LogP contribution < -0.4 is 5.32 Å². The zero-order valence-electron chi connectivity index (χ0n) is 16.2. The lowest BCUT2D eigenvalue weighted by Gasteiger charge is -2.38. The van der Waals surface area contributed by atoms with Crippen LogP contribution in [-0.4, -0.2) is 30.9 Å². The van der Waals surface area contributed by atoms with Gasteiger partial charge in [0.15, 0.2) is 0 Å². The number of hydrogen-bond donors (Lipinski definition) is 2. The molecule has 0 amide bonds. The highest BCUT2D eigenvalue weighted by Gasteiger charge is 2.40. The summed E-state index contributed by atoms with van der Waals surface area (Å²) in [6, 6.07) is 8.39. The first-order valence-electron chi connectivity index (χ1n) is 10.1. The van der Waals surface area contributed by atoms with E-state index < -0.39 is 10.0 Å². The minimum atomic E-state index is -3.48. The van der Waals surface area contributed by atoms with Gasteiger partial charge in [0.1, 0.15) is 5.75 Å². The van der Waals surface area contributed by atoms with E-state index in [4.69, 9.17) is 23.2 Å². The number of halogens is 2. The van der Waals surface area contributed by atoms with Gasteiger partial charge in [0.05, 0.1) is 16.0 Å². The molecule has 2 heterocycles. The average Bonchev–Trinajstić information content (AvgIpc) is 3.42. The van der Waals surface area contributed by atoms with Crippen molar-refractivity contribution in [2.45, 2.75) is 36.1 Å². The molecule has 2 aromatic carbocycles. The summed E-state index contributed by atoms with van der Waals surface area (Å²) >= 11 is 12.4. The van der Waals surface area contributed by atoms with Crippen LogP contribution in [0, 0.1) is 5.92 Å². The summed E-state index contributed by atoms with van der Waals surface area (Å²) in [5.41, 5.74) is 2.49. The standard InChI is InChI=1S/C22H22Cl2N2O3S/c23-13-10-18(22(27)19(24)11-13)21-16-5-3-4-15(16)17-12-14(6-7-20(17)25-21)30(28,29)26-8-1-2-9-26/h3-4,6-7,10-12,15-16,21,25,27H,1-2,5,8-9H2. The number of rotatable bonds is 3. The molecule has 5 nitrogen and oxygen atoms in total. The van der Waals surface area contributed by atoms with Crippen LogP contribution in [0.3, 0.4) is 0 Å². The molecule has 5 rings (SSSR count). The van der Waals surface area contributed by atoms with Crippen LogP contribution in [0.25, 0.3) is 0 Å². The Bertz CT molecular complexity index is 1140. The van der Waals surface area contributed by atoms with Crippen molar-refractivity contribution < 1.29 is 13.5 Å². The number of nitrogens with zero attached hydrogens (tertiary/aromatic N) is 1. The smallest absolute Gasteiger partial charge is 0.243 e. The zero-order chi connectivity index (χ0) is 21.0. The molecule has 0 aromatic heterocycles. The summed E-state index contributed by atoms with van der Waals surface area (Å²) < 4.78 is 27.7. The number of benzene rings is 2. The predicted octanol–water partition coefficient (Wildman–Crippen LogP) is 5.31. The maximum Gasteiger partial charge on any atom is 0.243 e. The van der Waals surface area contributed by atoms with Gasteiger partial charge in [-0.25, -0.2) is 8.42 Å². The lowest BCUT2D eigenvalue weighted by Crippen LogP contribution is -2.31.